The predicted octanol–water partition coefficient (Wildman–Crippen LogP) is 1.66. The molecule has 0 atom stereocenters. The van der Waals surface area contributed by atoms with Crippen LogP contribution in [0.25, 0.3) is 22.6 Å². The summed E-state index contributed by atoms with van der Waals surface area (Å²) in [4.78, 5) is 11.3. The lowest BCUT2D eigenvalue weighted by atomic mass is 10.3. The molecule has 3 N–H and O–H groups in total. The number of nitrogens with zero attached hydrogens (tertiary/aromatic N) is 3. The van der Waals surface area contributed by atoms with Crippen LogP contribution in [-0.2, 0) is 6.54 Å². The smallest absolute Gasteiger partial charge is 0.161 e. The number of halogens is 2. The second-order valence-electron chi connectivity index (χ2n) is 4.15. The number of H-pyrrole nitrogens is 1. The lowest BCUT2D eigenvalue weighted by Gasteiger charge is -1.94. The zero-order valence-electron chi connectivity index (χ0n) is 9.90. The Morgan fingerprint density at radius 1 is 1.26 bits per heavy atom. The molecule has 0 aliphatic carbocycles. The van der Waals surface area contributed by atoms with Crippen LogP contribution >= 0.6 is 0 Å². The standard InChI is InChI=1S/C12H11F2N5/c13-7-3-9-10(4-8(7)14)18-12(17-9)11-5-19(2-1-15)6-16-11/h3-6H,1-2,15H2,(H,17,18). The molecule has 1 aromatic carbocycles. The van der Waals surface area contributed by atoms with Crippen LogP contribution in [0.5, 0.6) is 0 Å². The fraction of sp³-hybridized carbons (Fsp3) is 0.167. The van der Waals surface area contributed by atoms with Gasteiger partial charge in [0.25, 0.3) is 0 Å². The van der Waals surface area contributed by atoms with E-state index in [0.29, 0.717) is 35.6 Å². The van der Waals surface area contributed by atoms with Gasteiger partial charge in [0.05, 0.1) is 17.4 Å². The third-order valence-corrected chi connectivity index (χ3v) is 2.79. The van der Waals surface area contributed by atoms with E-state index in [2.05, 4.69) is 15.0 Å². The highest BCUT2D eigenvalue weighted by atomic mass is 19.2. The predicted molar refractivity (Wildman–Crippen MR) is 66.3 cm³/mol. The molecule has 0 unspecified atom stereocenters. The highest BCUT2D eigenvalue weighted by Crippen LogP contribution is 2.21. The van der Waals surface area contributed by atoms with E-state index in [1.54, 1.807) is 12.5 Å². The Labute approximate surface area is 107 Å². The highest BCUT2D eigenvalue weighted by molar-refractivity contribution is 5.78. The average Bonchev–Trinajstić information content (AvgIpc) is 2.97. The number of benzene rings is 1. The molecule has 0 bridgehead atoms. The number of nitrogens with two attached hydrogens (primary N) is 1. The van der Waals surface area contributed by atoms with Crippen LogP contribution in [0.15, 0.2) is 24.7 Å². The fourth-order valence-corrected chi connectivity index (χ4v) is 1.88. The van der Waals surface area contributed by atoms with Crippen molar-refractivity contribution in [1.82, 2.24) is 19.5 Å². The van der Waals surface area contributed by atoms with E-state index >= 15 is 0 Å². The molecule has 7 heteroatoms. The Hall–Kier alpha value is -2.28. The van der Waals surface area contributed by atoms with Crippen molar-refractivity contribution >= 4 is 11.0 Å². The van der Waals surface area contributed by atoms with Gasteiger partial charge in [-0.05, 0) is 0 Å². The van der Waals surface area contributed by atoms with Crippen molar-refractivity contribution in [3.63, 3.8) is 0 Å². The van der Waals surface area contributed by atoms with Gasteiger partial charge in [-0.3, -0.25) is 0 Å². The second-order valence-corrected chi connectivity index (χ2v) is 4.15. The van der Waals surface area contributed by atoms with Gasteiger partial charge in [0.2, 0.25) is 0 Å². The Balaban J connectivity index is 2.04. The average molecular weight is 263 g/mol. The molecule has 2 aromatic heterocycles. The number of aromatic amines is 1. The molecule has 0 spiro atoms. The second kappa shape index (κ2) is 4.43. The van der Waals surface area contributed by atoms with Gasteiger partial charge in [-0.2, -0.15) is 0 Å². The number of fused-ring (bicyclic) bond motifs is 1. The monoisotopic (exact) mass is 263 g/mol. The van der Waals surface area contributed by atoms with Gasteiger partial charge in [-0.15, -0.1) is 0 Å². The molecule has 98 valence electrons. The fourth-order valence-electron chi connectivity index (χ4n) is 1.88. The maximum atomic E-state index is 13.1. The first-order chi connectivity index (χ1) is 9.17. The molecule has 5 nitrogen and oxygen atoms in total. The first-order valence-corrected chi connectivity index (χ1v) is 5.74. The van der Waals surface area contributed by atoms with Crippen LogP contribution in [0.1, 0.15) is 0 Å². The van der Waals surface area contributed by atoms with Crippen LogP contribution in [0, 0.1) is 11.6 Å². The Kier molecular flexibility index (Phi) is 2.75. The maximum Gasteiger partial charge on any atom is 0.161 e. The molecule has 0 amide bonds. The van der Waals surface area contributed by atoms with Gasteiger partial charge < -0.3 is 15.3 Å². The summed E-state index contributed by atoms with van der Waals surface area (Å²) < 4.78 is 28.0. The Morgan fingerprint density at radius 3 is 2.84 bits per heavy atom. The van der Waals surface area contributed by atoms with Crippen LogP contribution in [0.2, 0.25) is 0 Å². The molecule has 3 rings (SSSR count). The van der Waals surface area contributed by atoms with Gasteiger partial charge >= 0.3 is 0 Å². The number of hydrogen-bond donors (Lipinski definition) is 2. The Bertz CT molecular complexity index is 692. The minimum Gasteiger partial charge on any atom is -0.337 e. The molecule has 0 radical (unpaired) electrons. The van der Waals surface area contributed by atoms with E-state index in [1.165, 1.54) is 0 Å². The minimum absolute atomic E-state index is 0.363. The molecule has 0 aliphatic heterocycles. The highest BCUT2D eigenvalue weighted by Gasteiger charge is 2.11. The van der Waals surface area contributed by atoms with Gasteiger partial charge in [0.15, 0.2) is 17.5 Å². The van der Waals surface area contributed by atoms with E-state index in [0.717, 1.165) is 12.1 Å². The van der Waals surface area contributed by atoms with Crippen molar-refractivity contribution in [2.24, 2.45) is 5.73 Å². The van der Waals surface area contributed by atoms with Crippen molar-refractivity contribution < 1.29 is 8.78 Å². The minimum atomic E-state index is -0.917. The van der Waals surface area contributed by atoms with E-state index in [-0.39, 0.29) is 0 Å². The number of rotatable bonds is 3. The van der Waals surface area contributed by atoms with E-state index in [1.807, 2.05) is 4.57 Å². The quantitative estimate of drug-likeness (QED) is 0.754. The van der Waals surface area contributed by atoms with E-state index in [4.69, 9.17) is 5.73 Å². The number of hydrogen-bond acceptors (Lipinski definition) is 3. The largest absolute Gasteiger partial charge is 0.337 e. The summed E-state index contributed by atoms with van der Waals surface area (Å²) in [6.07, 6.45) is 3.41. The molecule has 0 saturated heterocycles. The molecule has 2 heterocycles. The van der Waals surface area contributed by atoms with Crippen molar-refractivity contribution in [2.75, 3.05) is 6.54 Å². The first kappa shape index (κ1) is 11.8. The first-order valence-electron chi connectivity index (χ1n) is 5.74. The summed E-state index contributed by atoms with van der Waals surface area (Å²) in [5, 5.41) is 0. The summed E-state index contributed by atoms with van der Waals surface area (Å²) in [5.74, 6) is -1.36. The zero-order chi connectivity index (χ0) is 13.4. The van der Waals surface area contributed by atoms with Gasteiger partial charge in [-0.25, -0.2) is 18.7 Å². The normalized spacial score (nSPS) is 11.3. The molecule has 3 aromatic rings. The number of aromatic nitrogens is 4. The molecule has 0 fully saturated rings. The van der Waals surface area contributed by atoms with Crippen LogP contribution in [0.3, 0.4) is 0 Å². The molecular formula is C12H11F2N5. The van der Waals surface area contributed by atoms with Crippen molar-refractivity contribution in [2.45, 2.75) is 6.54 Å². The Morgan fingerprint density at radius 2 is 2.05 bits per heavy atom. The molecule has 0 aliphatic rings. The molecule has 0 saturated carbocycles. The van der Waals surface area contributed by atoms with Gasteiger partial charge in [0.1, 0.15) is 5.69 Å². The maximum absolute atomic E-state index is 13.1. The van der Waals surface area contributed by atoms with E-state index < -0.39 is 11.6 Å². The summed E-state index contributed by atoms with van der Waals surface area (Å²) in [7, 11) is 0. The van der Waals surface area contributed by atoms with Crippen LogP contribution in [-0.4, -0.2) is 26.1 Å². The van der Waals surface area contributed by atoms with Gasteiger partial charge in [0, 0.05) is 31.4 Å². The van der Waals surface area contributed by atoms with Crippen molar-refractivity contribution in [1.29, 1.82) is 0 Å². The summed E-state index contributed by atoms with van der Waals surface area (Å²) >= 11 is 0. The lowest BCUT2D eigenvalue weighted by Crippen LogP contribution is -2.07. The lowest BCUT2D eigenvalue weighted by molar-refractivity contribution is 0.510. The SMILES string of the molecule is NCCn1cnc(-c2nc3cc(F)c(F)cc3[nH]2)c1. The number of imidazole rings is 2. The summed E-state index contributed by atoms with van der Waals surface area (Å²) in [5.41, 5.74) is 6.85. The summed E-state index contributed by atoms with van der Waals surface area (Å²) in [6, 6.07) is 2.14. The van der Waals surface area contributed by atoms with Crippen LogP contribution in [0.4, 0.5) is 8.78 Å². The van der Waals surface area contributed by atoms with Crippen molar-refractivity contribution in [3.05, 3.63) is 36.3 Å². The summed E-state index contributed by atoms with van der Waals surface area (Å²) in [6.45, 7) is 1.16. The third kappa shape index (κ3) is 2.08. The zero-order valence-corrected chi connectivity index (χ0v) is 9.90. The molecule has 19 heavy (non-hydrogen) atoms. The van der Waals surface area contributed by atoms with Gasteiger partial charge in [-0.1, -0.05) is 0 Å². The topological polar surface area (TPSA) is 72.5 Å². The van der Waals surface area contributed by atoms with E-state index in [9.17, 15) is 8.78 Å². The number of nitrogens with one attached hydrogen (secondary N) is 1. The third-order valence-electron chi connectivity index (χ3n) is 2.79. The van der Waals surface area contributed by atoms with Crippen molar-refractivity contribution in [3.8, 4) is 11.5 Å². The van der Waals surface area contributed by atoms with Crippen LogP contribution < -0.4 is 5.73 Å². The molecular weight excluding hydrogens is 252 g/mol.